The van der Waals surface area contributed by atoms with Crippen molar-refractivity contribution in [2.45, 2.75) is 13.1 Å². The van der Waals surface area contributed by atoms with Crippen molar-refractivity contribution in [2.24, 2.45) is 0 Å². The van der Waals surface area contributed by atoms with Crippen LogP contribution >= 0.6 is 0 Å². The highest BCUT2D eigenvalue weighted by Gasteiger charge is 2.34. The molecule has 0 saturated carbocycles. The van der Waals surface area contributed by atoms with Crippen molar-refractivity contribution in [3.05, 3.63) is 63.9 Å². The van der Waals surface area contributed by atoms with Crippen LogP contribution in [0.5, 0.6) is 0 Å². The summed E-state index contributed by atoms with van der Waals surface area (Å²) < 4.78 is 39.5. The van der Waals surface area contributed by atoms with Gasteiger partial charge in [0.1, 0.15) is 5.82 Å². The molecule has 0 fully saturated rings. The molecule has 1 aromatic heterocycles. The third-order valence-electron chi connectivity index (χ3n) is 3.35. The molecule has 0 aliphatic rings. The third kappa shape index (κ3) is 2.47. The molecule has 0 atom stereocenters. The molecule has 22 heavy (non-hydrogen) atoms. The number of H-pyrrole nitrogens is 1. The Morgan fingerprint density at radius 3 is 2.55 bits per heavy atom. The second-order valence-electron chi connectivity index (χ2n) is 4.98. The van der Waals surface area contributed by atoms with Crippen LogP contribution < -0.4 is 5.56 Å². The van der Waals surface area contributed by atoms with Crippen LogP contribution in [0.15, 0.2) is 47.3 Å². The highest BCUT2D eigenvalue weighted by molar-refractivity contribution is 5.79. The lowest BCUT2D eigenvalue weighted by Gasteiger charge is -2.13. The van der Waals surface area contributed by atoms with Crippen molar-refractivity contribution in [2.75, 3.05) is 0 Å². The Balaban J connectivity index is 2.32. The molecule has 0 unspecified atom stereocenters. The summed E-state index contributed by atoms with van der Waals surface area (Å²) in [4.78, 5) is 18.6. The van der Waals surface area contributed by atoms with Gasteiger partial charge in [0.15, 0.2) is 0 Å². The van der Waals surface area contributed by atoms with E-state index in [4.69, 9.17) is 0 Å². The predicted molar refractivity (Wildman–Crippen MR) is 77.5 cm³/mol. The van der Waals surface area contributed by atoms with Crippen LogP contribution in [0.1, 0.15) is 11.1 Å². The standard InChI is InChI=1S/C16H11F3N2O/c1-9-6-7-12(16(17,18)19)11(8-9)14-20-13-5-3-2-4-10(13)15(22)21-14/h2-8H,1H3,(H,20,21,22). The van der Waals surface area contributed by atoms with Gasteiger partial charge in [-0.1, -0.05) is 23.8 Å². The van der Waals surface area contributed by atoms with Gasteiger partial charge in [0, 0.05) is 5.56 Å². The van der Waals surface area contributed by atoms with Crippen molar-refractivity contribution >= 4 is 10.9 Å². The zero-order valence-corrected chi connectivity index (χ0v) is 11.5. The Morgan fingerprint density at radius 2 is 1.82 bits per heavy atom. The number of hydrogen-bond acceptors (Lipinski definition) is 2. The second-order valence-corrected chi connectivity index (χ2v) is 4.98. The Morgan fingerprint density at radius 1 is 1.09 bits per heavy atom. The van der Waals surface area contributed by atoms with E-state index in [1.165, 1.54) is 12.1 Å². The van der Waals surface area contributed by atoms with Gasteiger partial charge in [-0.2, -0.15) is 13.2 Å². The van der Waals surface area contributed by atoms with Crippen LogP contribution in [0.4, 0.5) is 13.2 Å². The molecular formula is C16H11F3N2O. The fraction of sp³-hybridized carbons (Fsp3) is 0.125. The molecule has 2 aromatic carbocycles. The number of para-hydroxylation sites is 1. The fourth-order valence-electron chi connectivity index (χ4n) is 2.32. The maximum Gasteiger partial charge on any atom is 0.417 e. The number of aromatic amines is 1. The smallest absolute Gasteiger partial charge is 0.306 e. The van der Waals surface area contributed by atoms with Crippen LogP contribution in [0.25, 0.3) is 22.3 Å². The van der Waals surface area contributed by atoms with Crippen LogP contribution in [-0.4, -0.2) is 9.97 Å². The van der Waals surface area contributed by atoms with E-state index in [9.17, 15) is 18.0 Å². The number of aryl methyl sites for hydroxylation is 1. The summed E-state index contributed by atoms with van der Waals surface area (Å²) in [5.41, 5.74) is -0.406. The molecule has 0 saturated heterocycles. The summed E-state index contributed by atoms with van der Waals surface area (Å²) in [5, 5.41) is 0.340. The minimum absolute atomic E-state index is 0.0836. The van der Waals surface area contributed by atoms with Gasteiger partial charge in [-0.15, -0.1) is 0 Å². The van der Waals surface area contributed by atoms with Crippen molar-refractivity contribution in [3.63, 3.8) is 0 Å². The van der Waals surface area contributed by atoms with Gasteiger partial charge in [0.25, 0.3) is 5.56 Å². The first-order valence-corrected chi connectivity index (χ1v) is 6.53. The summed E-state index contributed by atoms with van der Waals surface area (Å²) in [6.07, 6.45) is -4.52. The predicted octanol–water partition coefficient (Wildman–Crippen LogP) is 3.92. The van der Waals surface area contributed by atoms with E-state index in [0.717, 1.165) is 6.07 Å². The van der Waals surface area contributed by atoms with Gasteiger partial charge in [0.05, 0.1) is 16.5 Å². The minimum atomic E-state index is -4.52. The number of nitrogens with one attached hydrogen (secondary N) is 1. The maximum atomic E-state index is 13.2. The summed E-state index contributed by atoms with van der Waals surface area (Å²) >= 11 is 0. The van der Waals surface area contributed by atoms with Crippen LogP contribution in [0.2, 0.25) is 0 Å². The summed E-state index contributed by atoms with van der Waals surface area (Å²) in [7, 11) is 0. The normalized spacial score (nSPS) is 11.8. The molecule has 0 aliphatic carbocycles. The van der Waals surface area contributed by atoms with E-state index >= 15 is 0 Å². The molecule has 112 valence electrons. The molecule has 1 heterocycles. The number of halogens is 3. The molecule has 0 aliphatic heterocycles. The van der Waals surface area contributed by atoms with Crippen LogP contribution in [-0.2, 0) is 6.18 Å². The van der Waals surface area contributed by atoms with E-state index in [2.05, 4.69) is 9.97 Å². The highest BCUT2D eigenvalue weighted by Crippen LogP contribution is 2.36. The topological polar surface area (TPSA) is 45.8 Å². The number of benzene rings is 2. The lowest BCUT2D eigenvalue weighted by atomic mass is 10.0. The number of alkyl halides is 3. The molecule has 3 aromatic rings. The van der Waals surface area contributed by atoms with E-state index < -0.39 is 17.3 Å². The first-order valence-electron chi connectivity index (χ1n) is 6.53. The minimum Gasteiger partial charge on any atom is -0.306 e. The van der Waals surface area contributed by atoms with Crippen molar-refractivity contribution < 1.29 is 13.2 Å². The largest absolute Gasteiger partial charge is 0.417 e. The molecule has 1 N–H and O–H groups in total. The van der Waals surface area contributed by atoms with Crippen LogP contribution in [0, 0.1) is 6.92 Å². The zero-order valence-electron chi connectivity index (χ0n) is 11.5. The van der Waals surface area contributed by atoms with Gasteiger partial charge in [0.2, 0.25) is 0 Å². The quantitative estimate of drug-likeness (QED) is 0.740. The number of fused-ring (bicyclic) bond motifs is 1. The molecule has 0 radical (unpaired) electrons. The average Bonchev–Trinajstić information content (AvgIpc) is 2.46. The Kier molecular flexibility index (Phi) is 3.24. The molecule has 0 bridgehead atoms. The molecule has 6 heteroatoms. The zero-order chi connectivity index (χ0) is 15.9. The molecule has 0 amide bonds. The van der Waals surface area contributed by atoms with Gasteiger partial charge in [-0.3, -0.25) is 4.79 Å². The van der Waals surface area contributed by atoms with Gasteiger partial charge in [-0.25, -0.2) is 4.98 Å². The first-order chi connectivity index (χ1) is 10.4. The molecule has 0 spiro atoms. The lowest BCUT2D eigenvalue weighted by molar-refractivity contribution is -0.137. The fourth-order valence-corrected chi connectivity index (χ4v) is 2.32. The summed E-state index contributed by atoms with van der Waals surface area (Å²) in [5.74, 6) is -0.0836. The van der Waals surface area contributed by atoms with Crippen LogP contribution in [0.3, 0.4) is 0 Å². The Bertz CT molecular complexity index is 913. The average molecular weight is 304 g/mol. The van der Waals surface area contributed by atoms with Crippen molar-refractivity contribution in [3.8, 4) is 11.4 Å². The van der Waals surface area contributed by atoms with E-state index in [1.54, 1.807) is 31.2 Å². The summed E-state index contributed by atoms with van der Waals surface area (Å²) in [6.45, 7) is 1.68. The van der Waals surface area contributed by atoms with E-state index in [1.807, 2.05) is 0 Å². The maximum absolute atomic E-state index is 13.2. The Labute approximate surface area is 123 Å². The Hall–Kier alpha value is -2.63. The SMILES string of the molecule is Cc1ccc(C(F)(F)F)c(-c2nc3ccccc3c(=O)[nH]2)c1. The van der Waals surface area contributed by atoms with E-state index in [0.29, 0.717) is 16.5 Å². The lowest BCUT2D eigenvalue weighted by Crippen LogP contribution is -2.13. The monoisotopic (exact) mass is 304 g/mol. The van der Waals surface area contributed by atoms with Crippen molar-refractivity contribution in [1.29, 1.82) is 0 Å². The number of rotatable bonds is 1. The molecule has 3 nitrogen and oxygen atoms in total. The highest BCUT2D eigenvalue weighted by atomic mass is 19.4. The van der Waals surface area contributed by atoms with Crippen molar-refractivity contribution in [1.82, 2.24) is 9.97 Å². The third-order valence-corrected chi connectivity index (χ3v) is 3.35. The van der Waals surface area contributed by atoms with Gasteiger partial charge in [-0.05, 0) is 31.2 Å². The van der Waals surface area contributed by atoms with Gasteiger partial charge < -0.3 is 4.98 Å². The summed E-state index contributed by atoms with van der Waals surface area (Å²) in [6, 6.07) is 10.3. The molecule has 3 rings (SSSR count). The van der Waals surface area contributed by atoms with Gasteiger partial charge >= 0.3 is 6.18 Å². The number of aromatic nitrogens is 2. The number of nitrogens with zero attached hydrogens (tertiary/aromatic N) is 1. The second kappa shape index (κ2) is 4.98. The first kappa shape index (κ1) is 14.3. The molecular weight excluding hydrogens is 293 g/mol. The number of hydrogen-bond donors (Lipinski definition) is 1. The van der Waals surface area contributed by atoms with E-state index in [-0.39, 0.29) is 11.4 Å².